The van der Waals surface area contributed by atoms with Crippen molar-refractivity contribution < 1.29 is 9.53 Å². The largest absolute Gasteiger partial charge is 0.486 e. The third-order valence-corrected chi connectivity index (χ3v) is 4.82. The Morgan fingerprint density at radius 1 is 1.10 bits per heavy atom. The Kier molecular flexibility index (Phi) is 5.42. The number of carbonyl (C=O) groups is 1. The standard InChI is InChI=1S/C21H23N7O2/c1-14(2)28-20(24-25-26-28)13-30-16-10-8-15(9-11-16)21(29)22-12-19-23-17-6-4-5-7-18(17)27(19)3/h4-11,14H,12-13H2,1-3H3,(H,22,29). The second kappa shape index (κ2) is 8.32. The Bertz CT molecular complexity index is 1160. The molecule has 0 spiro atoms. The van der Waals surface area contributed by atoms with Crippen LogP contribution in [0.15, 0.2) is 48.5 Å². The van der Waals surface area contributed by atoms with Crippen molar-refractivity contribution in [3.05, 3.63) is 65.7 Å². The number of aromatic nitrogens is 6. The maximum absolute atomic E-state index is 12.5. The molecule has 0 bridgehead atoms. The molecule has 0 fully saturated rings. The summed E-state index contributed by atoms with van der Waals surface area (Å²) < 4.78 is 9.44. The predicted molar refractivity (Wildman–Crippen MR) is 111 cm³/mol. The zero-order valence-electron chi connectivity index (χ0n) is 17.1. The maximum atomic E-state index is 12.5. The van der Waals surface area contributed by atoms with Gasteiger partial charge in [-0.05, 0) is 60.7 Å². The first kappa shape index (κ1) is 19.6. The smallest absolute Gasteiger partial charge is 0.251 e. The van der Waals surface area contributed by atoms with E-state index in [9.17, 15) is 4.79 Å². The van der Waals surface area contributed by atoms with Gasteiger partial charge in [-0.1, -0.05) is 12.1 Å². The quantitative estimate of drug-likeness (QED) is 0.507. The number of tetrazole rings is 1. The number of para-hydroxylation sites is 2. The summed E-state index contributed by atoms with van der Waals surface area (Å²) in [5.41, 5.74) is 2.49. The Hall–Kier alpha value is -3.75. The summed E-state index contributed by atoms with van der Waals surface area (Å²) in [6, 6.07) is 15.0. The second-order valence-corrected chi connectivity index (χ2v) is 7.20. The van der Waals surface area contributed by atoms with E-state index in [0.29, 0.717) is 23.7 Å². The van der Waals surface area contributed by atoms with E-state index in [2.05, 4.69) is 25.8 Å². The molecule has 4 rings (SSSR count). The summed E-state index contributed by atoms with van der Waals surface area (Å²) in [7, 11) is 1.94. The van der Waals surface area contributed by atoms with Crippen molar-refractivity contribution >= 4 is 16.9 Å². The van der Waals surface area contributed by atoms with Crippen LogP contribution < -0.4 is 10.1 Å². The molecule has 0 aliphatic rings. The number of carbonyl (C=O) groups excluding carboxylic acids is 1. The number of aryl methyl sites for hydroxylation is 1. The maximum Gasteiger partial charge on any atom is 0.251 e. The van der Waals surface area contributed by atoms with Gasteiger partial charge in [-0.3, -0.25) is 4.79 Å². The molecule has 0 atom stereocenters. The third kappa shape index (κ3) is 4.00. The van der Waals surface area contributed by atoms with Gasteiger partial charge in [-0.15, -0.1) is 5.10 Å². The van der Waals surface area contributed by atoms with Crippen LogP contribution in [0.1, 0.15) is 41.9 Å². The van der Waals surface area contributed by atoms with E-state index in [1.165, 1.54) is 0 Å². The lowest BCUT2D eigenvalue weighted by atomic mass is 10.2. The first-order valence-electron chi connectivity index (χ1n) is 9.71. The highest BCUT2D eigenvalue weighted by Gasteiger charge is 2.12. The van der Waals surface area contributed by atoms with E-state index in [1.54, 1.807) is 28.9 Å². The summed E-state index contributed by atoms with van der Waals surface area (Å²) in [5, 5.41) is 14.5. The molecule has 0 radical (unpaired) electrons. The van der Waals surface area contributed by atoms with Crippen LogP contribution >= 0.6 is 0 Å². The molecule has 0 saturated heterocycles. The first-order valence-corrected chi connectivity index (χ1v) is 9.71. The van der Waals surface area contributed by atoms with Crippen molar-refractivity contribution in [2.24, 2.45) is 7.05 Å². The molecule has 2 aromatic heterocycles. The molecule has 154 valence electrons. The lowest BCUT2D eigenvalue weighted by Crippen LogP contribution is -2.24. The highest BCUT2D eigenvalue weighted by molar-refractivity contribution is 5.94. The molecule has 30 heavy (non-hydrogen) atoms. The minimum absolute atomic E-state index is 0.154. The van der Waals surface area contributed by atoms with E-state index >= 15 is 0 Å². The van der Waals surface area contributed by atoms with Crippen molar-refractivity contribution in [3.63, 3.8) is 0 Å². The van der Waals surface area contributed by atoms with Crippen LogP contribution in [0.4, 0.5) is 0 Å². The number of nitrogens with one attached hydrogen (secondary N) is 1. The number of hydrogen-bond acceptors (Lipinski definition) is 6. The van der Waals surface area contributed by atoms with Crippen LogP contribution in [0.25, 0.3) is 11.0 Å². The minimum Gasteiger partial charge on any atom is -0.486 e. The molecule has 9 nitrogen and oxygen atoms in total. The number of fused-ring (bicyclic) bond motifs is 1. The summed E-state index contributed by atoms with van der Waals surface area (Å²) in [6.07, 6.45) is 0. The Morgan fingerprint density at radius 3 is 2.60 bits per heavy atom. The van der Waals surface area contributed by atoms with Crippen molar-refractivity contribution in [2.45, 2.75) is 33.0 Å². The Labute approximate surface area is 173 Å². The lowest BCUT2D eigenvalue weighted by molar-refractivity contribution is 0.0949. The first-order chi connectivity index (χ1) is 14.5. The van der Waals surface area contributed by atoms with Crippen molar-refractivity contribution in [1.29, 1.82) is 0 Å². The van der Waals surface area contributed by atoms with Gasteiger partial charge in [-0.2, -0.15) is 0 Å². The average molecular weight is 405 g/mol. The molecule has 9 heteroatoms. The van der Waals surface area contributed by atoms with Crippen LogP contribution in [-0.2, 0) is 20.2 Å². The molecule has 2 aromatic carbocycles. The van der Waals surface area contributed by atoms with Gasteiger partial charge in [0.15, 0.2) is 5.82 Å². The van der Waals surface area contributed by atoms with E-state index in [1.807, 2.05) is 49.7 Å². The van der Waals surface area contributed by atoms with Crippen molar-refractivity contribution in [2.75, 3.05) is 0 Å². The van der Waals surface area contributed by atoms with Gasteiger partial charge in [0.1, 0.15) is 18.2 Å². The minimum atomic E-state index is -0.169. The van der Waals surface area contributed by atoms with Gasteiger partial charge in [0.25, 0.3) is 5.91 Å². The Balaban J connectivity index is 1.35. The van der Waals surface area contributed by atoms with Crippen LogP contribution in [0, 0.1) is 0 Å². The summed E-state index contributed by atoms with van der Waals surface area (Å²) >= 11 is 0. The highest BCUT2D eigenvalue weighted by Crippen LogP contribution is 2.16. The third-order valence-electron chi connectivity index (χ3n) is 4.82. The molecule has 0 aliphatic heterocycles. The highest BCUT2D eigenvalue weighted by atomic mass is 16.5. The molecule has 2 heterocycles. The summed E-state index contributed by atoms with van der Waals surface area (Å²) in [6.45, 7) is 4.60. The molecule has 0 unspecified atom stereocenters. The fraction of sp³-hybridized carbons (Fsp3) is 0.286. The predicted octanol–water partition coefficient (Wildman–Crippen LogP) is 2.65. The average Bonchev–Trinajstić information content (AvgIpc) is 3.36. The molecule has 0 saturated carbocycles. The fourth-order valence-corrected chi connectivity index (χ4v) is 3.17. The van der Waals surface area contributed by atoms with Gasteiger partial charge in [0.05, 0.1) is 23.6 Å². The number of ether oxygens (including phenoxy) is 1. The van der Waals surface area contributed by atoms with Gasteiger partial charge in [0.2, 0.25) is 0 Å². The van der Waals surface area contributed by atoms with E-state index in [4.69, 9.17) is 4.74 Å². The zero-order chi connectivity index (χ0) is 21.1. The number of amides is 1. The monoisotopic (exact) mass is 405 g/mol. The number of benzene rings is 2. The van der Waals surface area contributed by atoms with Crippen molar-refractivity contribution in [1.82, 2.24) is 35.1 Å². The van der Waals surface area contributed by atoms with Gasteiger partial charge >= 0.3 is 0 Å². The molecular formula is C21H23N7O2. The fourth-order valence-electron chi connectivity index (χ4n) is 3.17. The number of imidazole rings is 1. The van der Waals surface area contributed by atoms with E-state index in [0.717, 1.165) is 16.9 Å². The molecular weight excluding hydrogens is 382 g/mol. The number of hydrogen-bond donors (Lipinski definition) is 1. The van der Waals surface area contributed by atoms with E-state index in [-0.39, 0.29) is 18.6 Å². The Morgan fingerprint density at radius 2 is 1.87 bits per heavy atom. The molecule has 4 aromatic rings. The number of rotatable bonds is 7. The SMILES string of the molecule is CC(C)n1nnnc1COc1ccc(C(=O)NCc2nc3ccccc3n2C)cc1. The van der Waals surface area contributed by atoms with E-state index < -0.39 is 0 Å². The molecule has 1 amide bonds. The van der Waals surface area contributed by atoms with Crippen LogP contribution in [-0.4, -0.2) is 35.7 Å². The normalized spacial score (nSPS) is 11.2. The molecule has 0 aliphatic carbocycles. The van der Waals surface area contributed by atoms with Gasteiger partial charge in [0, 0.05) is 12.6 Å². The van der Waals surface area contributed by atoms with Crippen LogP contribution in [0.5, 0.6) is 5.75 Å². The van der Waals surface area contributed by atoms with Crippen LogP contribution in [0.2, 0.25) is 0 Å². The summed E-state index contributed by atoms with van der Waals surface area (Å²) in [4.78, 5) is 17.1. The zero-order valence-corrected chi connectivity index (χ0v) is 17.1. The van der Waals surface area contributed by atoms with Crippen LogP contribution in [0.3, 0.4) is 0 Å². The number of nitrogens with zero attached hydrogens (tertiary/aromatic N) is 6. The lowest BCUT2D eigenvalue weighted by Gasteiger charge is -2.10. The topological polar surface area (TPSA) is 99.8 Å². The van der Waals surface area contributed by atoms with Gasteiger partial charge < -0.3 is 14.6 Å². The molecule has 1 N–H and O–H groups in total. The van der Waals surface area contributed by atoms with Crippen molar-refractivity contribution in [3.8, 4) is 5.75 Å². The van der Waals surface area contributed by atoms with Gasteiger partial charge in [-0.25, -0.2) is 9.67 Å². The second-order valence-electron chi connectivity index (χ2n) is 7.20. The summed E-state index contributed by atoms with van der Waals surface area (Å²) in [5.74, 6) is 1.92.